The molecular formula is C18H19FN4O2. The Morgan fingerprint density at radius 1 is 1.40 bits per heavy atom. The fraction of sp³-hybridized carbons (Fsp3) is 0.278. The molecule has 1 N–H and O–H groups in total. The van der Waals surface area contributed by atoms with Crippen molar-refractivity contribution < 1.29 is 13.9 Å². The smallest absolute Gasteiger partial charge is 0.310 e. The average Bonchev–Trinajstić information content (AvgIpc) is 3.00. The van der Waals surface area contributed by atoms with Gasteiger partial charge in [0.1, 0.15) is 11.6 Å². The highest BCUT2D eigenvalue weighted by Crippen LogP contribution is 2.30. The third-order valence-electron chi connectivity index (χ3n) is 4.15. The summed E-state index contributed by atoms with van der Waals surface area (Å²) >= 11 is 0. The number of pyridine rings is 1. The number of ether oxygens (including phenoxy) is 1. The first-order chi connectivity index (χ1) is 12.0. The van der Waals surface area contributed by atoms with Crippen LogP contribution in [-0.2, 0) is 29.5 Å². The van der Waals surface area contributed by atoms with E-state index in [1.165, 1.54) is 19.2 Å². The Hall–Kier alpha value is -2.96. The molecule has 2 heterocycles. The van der Waals surface area contributed by atoms with E-state index < -0.39 is 0 Å². The van der Waals surface area contributed by atoms with E-state index in [1.54, 1.807) is 12.3 Å². The number of halogens is 1. The number of hydrogen-bond donors (Lipinski definition) is 1. The molecule has 0 saturated heterocycles. The van der Waals surface area contributed by atoms with Gasteiger partial charge in [-0.2, -0.15) is 0 Å². The van der Waals surface area contributed by atoms with Crippen molar-refractivity contribution in [1.29, 1.82) is 0 Å². The van der Waals surface area contributed by atoms with E-state index in [-0.39, 0.29) is 18.2 Å². The second-order valence-electron chi connectivity index (χ2n) is 5.77. The van der Waals surface area contributed by atoms with Crippen molar-refractivity contribution >= 4 is 22.6 Å². The molecule has 3 aromatic rings. The van der Waals surface area contributed by atoms with Crippen LogP contribution in [0.4, 0.5) is 10.1 Å². The molecule has 7 heteroatoms. The molecule has 0 atom stereocenters. The minimum absolute atomic E-state index is 0.0602. The maximum atomic E-state index is 13.8. The molecule has 1 aromatic carbocycles. The summed E-state index contributed by atoms with van der Waals surface area (Å²) in [5, 5.41) is 3.92. The molecule has 2 aromatic heterocycles. The number of fused-ring (bicyclic) bond motifs is 1. The first-order valence-corrected chi connectivity index (χ1v) is 7.85. The molecule has 0 bridgehead atoms. The zero-order chi connectivity index (χ0) is 18.0. The summed E-state index contributed by atoms with van der Waals surface area (Å²) in [5.41, 5.74) is 2.73. The van der Waals surface area contributed by atoms with Gasteiger partial charge < -0.3 is 14.6 Å². The van der Waals surface area contributed by atoms with E-state index in [4.69, 9.17) is 4.74 Å². The van der Waals surface area contributed by atoms with Crippen LogP contribution in [0.2, 0.25) is 0 Å². The van der Waals surface area contributed by atoms with Gasteiger partial charge in [0.05, 0.1) is 25.6 Å². The van der Waals surface area contributed by atoms with Crippen LogP contribution in [0.3, 0.4) is 0 Å². The van der Waals surface area contributed by atoms with Crippen molar-refractivity contribution in [3.8, 4) is 0 Å². The molecule has 0 aliphatic carbocycles. The van der Waals surface area contributed by atoms with Gasteiger partial charge in [0, 0.05) is 41.8 Å². The summed E-state index contributed by atoms with van der Waals surface area (Å²) in [7, 11) is 3.24. The monoisotopic (exact) mass is 342 g/mol. The number of esters is 1. The van der Waals surface area contributed by atoms with Crippen LogP contribution in [0.15, 0.2) is 30.6 Å². The molecule has 0 spiro atoms. The quantitative estimate of drug-likeness (QED) is 0.722. The number of anilines is 1. The van der Waals surface area contributed by atoms with Crippen LogP contribution < -0.4 is 5.32 Å². The van der Waals surface area contributed by atoms with Gasteiger partial charge in [-0.05, 0) is 25.1 Å². The van der Waals surface area contributed by atoms with Crippen molar-refractivity contribution in [3.63, 3.8) is 0 Å². The highest BCUT2D eigenvalue weighted by atomic mass is 19.1. The molecule has 130 valence electrons. The molecule has 0 amide bonds. The second kappa shape index (κ2) is 6.88. The standard InChI is InChI=1S/C18H19FN4O2/c1-11-13(9-17(24)25-3)18(21-10-16-20-6-7-23(16)2)14-8-12(19)4-5-15(14)22-11/h4-8H,9-10H2,1-3H3,(H,21,22). The normalized spacial score (nSPS) is 10.9. The number of hydrogen-bond acceptors (Lipinski definition) is 5. The number of nitrogens with zero attached hydrogens (tertiary/aromatic N) is 3. The highest BCUT2D eigenvalue weighted by Gasteiger charge is 2.17. The predicted molar refractivity (Wildman–Crippen MR) is 92.7 cm³/mol. The Bertz CT molecular complexity index is 936. The van der Waals surface area contributed by atoms with Crippen molar-refractivity contribution in [2.45, 2.75) is 19.9 Å². The Balaban J connectivity index is 2.09. The lowest BCUT2D eigenvalue weighted by Gasteiger charge is -2.16. The van der Waals surface area contributed by atoms with E-state index in [0.717, 1.165) is 5.82 Å². The van der Waals surface area contributed by atoms with Gasteiger partial charge in [0.2, 0.25) is 0 Å². The summed E-state index contributed by atoms with van der Waals surface area (Å²) < 4.78 is 20.5. The van der Waals surface area contributed by atoms with Crippen molar-refractivity contribution in [3.05, 3.63) is 53.5 Å². The van der Waals surface area contributed by atoms with Crippen molar-refractivity contribution in [2.24, 2.45) is 7.05 Å². The van der Waals surface area contributed by atoms with E-state index in [9.17, 15) is 9.18 Å². The molecule has 0 unspecified atom stereocenters. The molecule has 0 saturated carbocycles. The molecule has 0 fully saturated rings. The molecule has 0 radical (unpaired) electrons. The molecule has 0 aliphatic heterocycles. The lowest BCUT2D eigenvalue weighted by atomic mass is 10.0. The molecule has 6 nitrogen and oxygen atoms in total. The lowest BCUT2D eigenvalue weighted by Crippen LogP contribution is -2.13. The van der Waals surface area contributed by atoms with Crippen LogP contribution >= 0.6 is 0 Å². The minimum Gasteiger partial charge on any atom is -0.469 e. The van der Waals surface area contributed by atoms with Gasteiger partial charge in [0.15, 0.2) is 0 Å². The number of aromatic nitrogens is 3. The predicted octanol–water partition coefficient (Wildman–Crippen LogP) is 2.74. The van der Waals surface area contributed by atoms with Crippen LogP contribution in [0, 0.1) is 12.7 Å². The largest absolute Gasteiger partial charge is 0.469 e. The molecule has 3 rings (SSSR count). The number of methoxy groups -OCH3 is 1. The zero-order valence-electron chi connectivity index (χ0n) is 14.3. The van der Waals surface area contributed by atoms with Gasteiger partial charge >= 0.3 is 5.97 Å². The highest BCUT2D eigenvalue weighted by molar-refractivity contribution is 5.95. The topological polar surface area (TPSA) is 69.0 Å². The number of rotatable bonds is 5. The first-order valence-electron chi connectivity index (χ1n) is 7.85. The minimum atomic E-state index is -0.374. The number of benzene rings is 1. The van der Waals surface area contributed by atoms with E-state index in [1.807, 2.05) is 24.7 Å². The Kier molecular flexibility index (Phi) is 4.65. The van der Waals surface area contributed by atoms with Gasteiger partial charge in [-0.15, -0.1) is 0 Å². The van der Waals surface area contributed by atoms with Crippen molar-refractivity contribution in [1.82, 2.24) is 14.5 Å². The Morgan fingerprint density at radius 2 is 2.20 bits per heavy atom. The van der Waals surface area contributed by atoms with Crippen LogP contribution in [0.1, 0.15) is 17.1 Å². The summed E-state index contributed by atoms with van der Waals surface area (Å²) in [6.45, 7) is 2.26. The summed E-state index contributed by atoms with van der Waals surface area (Å²) in [6, 6.07) is 4.42. The number of aryl methyl sites for hydroxylation is 2. The summed E-state index contributed by atoms with van der Waals surface area (Å²) in [6.07, 6.45) is 3.62. The van der Waals surface area contributed by atoms with Gasteiger partial charge in [0.25, 0.3) is 0 Å². The second-order valence-corrected chi connectivity index (χ2v) is 5.77. The van der Waals surface area contributed by atoms with Crippen LogP contribution in [0.25, 0.3) is 10.9 Å². The fourth-order valence-corrected chi connectivity index (χ4v) is 2.77. The van der Waals surface area contributed by atoms with Gasteiger partial charge in [-0.1, -0.05) is 0 Å². The van der Waals surface area contributed by atoms with Crippen LogP contribution in [-0.4, -0.2) is 27.6 Å². The third-order valence-corrected chi connectivity index (χ3v) is 4.15. The zero-order valence-corrected chi connectivity index (χ0v) is 14.3. The average molecular weight is 342 g/mol. The fourth-order valence-electron chi connectivity index (χ4n) is 2.77. The van der Waals surface area contributed by atoms with Gasteiger partial charge in [-0.3, -0.25) is 9.78 Å². The van der Waals surface area contributed by atoms with E-state index in [2.05, 4.69) is 15.3 Å². The summed E-state index contributed by atoms with van der Waals surface area (Å²) in [5.74, 6) is 0.0888. The maximum Gasteiger partial charge on any atom is 0.310 e. The molecule has 0 aliphatic rings. The van der Waals surface area contributed by atoms with E-state index in [0.29, 0.717) is 34.4 Å². The first kappa shape index (κ1) is 16.9. The number of imidazole rings is 1. The Morgan fingerprint density at radius 3 is 2.88 bits per heavy atom. The van der Waals surface area contributed by atoms with Crippen LogP contribution in [0.5, 0.6) is 0 Å². The Labute approximate surface area is 144 Å². The number of nitrogens with one attached hydrogen (secondary N) is 1. The SMILES string of the molecule is COC(=O)Cc1c(C)nc2ccc(F)cc2c1NCc1nccn1C. The van der Waals surface area contributed by atoms with Gasteiger partial charge in [-0.25, -0.2) is 9.37 Å². The molecule has 25 heavy (non-hydrogen) atoms. The number of carbonyl (C=O) groups excluding carboxylic acids is 1. The lowest BCUT2D eigenvalue weighted by molar-refractivity contribution is -0.139. The maximum absolute atomic E-state index is 13.8. The third kappa shape index (κ3) is 3.45. The molecular weight excluding hydrogens is 323 g/mol. The summed E-state index contributed by atoms with van der Waals surface area (Å²) in [4.78, 5) is 20.6. The van der Waals surface area contributed by atoms with E-state index >= 15 is 0 Å². The number of carbonyl (C=O) groups is 1. The van der Waals surface area contributed by atoms with Crippen molar-refractivity contribution in [2.75, 3.05) is 12.4 Å².